The molecule has 0 aliphatic heterocycles. The summed E-state index contributed by atoms with van der Waals surface area (Å²) < 4.78 is 7.62. The van der Waals surface area contributed by atoms with E-state index in [9.17, 15) is 4.79 Å². The van der Waals surface area contributed by atoms with Gasteiger partial charge in [-0.15, -0.1) is 10.2 Å². The number of thioether (sulfide) groups is 1. The van der Waals surface area contributed by atoms with E-state index in [0.29, 0.717) is 35.6 Å². The van der Waals surface area contributed by atoms with Crippen LogP contribution in [0.15, 0.2) is 84.3 Å². The summed E-state index contributed by atoms with van der Waals surface area (Å²) >= 11 is 7.22. The van der Waals surface area contributed by atoms with Crippen LogP contribution >= 0.6 is 23.4 Å². The molecule has 0 atom stereocenters. The number of pyridine rings is 1. The fourth-order valence-corrected chi connectivity index (χ4v) is 3.98. The highest BCUT2D eigenvalue weighted by atomic mass is 35.5. The Hall–Kier alpha value is -3.36. The molecule has 2 aromatic heterocycles. The fraction of sp³-hybridized carbons (Fsp3) is 0.167. The smallest absolute Gasteiger partial charge is 0.230 e. The number of carbonyl (C=O) groups is 1. The number of hydrogen-bond acceptors (Lipinski definition) is 6. The van der Waals surface area contributed by atoms with Gasteiger partial charge in [0.2, 0.25) is 5.91 Å². The Kier molecular flexibility index (Phi) is 7.94. The van der Waals surface area contributed by atoms with Crippen LogP contribution in [0.3, 0.4) is 0 Å². The number of aromatic nitrogens is 4. The topological polar surface area (TPSA) is 81.9 Å². The average molecular weight is 480 g/mol. The quantitative estimate of drug-likeness (QED) is 0.269. The molecule has 0 unspecified atom stereocenters. The third kappa shape index (κ3) is 6.57. The SMILES string of the molecule is O=C(CSc1nnc(-c2ccncc2)n1Cc1ccccc1)NCCOc1ccc(Cl)cc1. The first-order chi connectivity index (χ1) is 16.2. The Labute approximate surface area is 201 Å². The third-order valence-electron chi connectivity index (χ3n) is 4.68. The lowest BCUT2D eigenvalue weighted by Gasteiger charge is -2.11. The summed E-state index contributed by atoms with van der Waals surface area (Å²) in [5.41, 5.74) is 2.04. The molecular formula is C24H22ClN5O2S. The summed E-state index contributed by atoms with van der Waals surface area (Å²) in [5, 5.41) is 12.9. The Morgan fingerprint density at radius 3 is 2.52 bits per heavy atom. The van der Waals surface area contributed by atoms with Gasteiger partial charge in [-0.3, -0.25) is 14.3 Å². The number of hydrogen-bond donors (Lipinski definition) is 1. The van der Waals surface area contributed by atoms with Crippen molar-refractivity contribution in [1.29, 1.82) is 0 Å². The molecule has 2 aromatic carbocycles. The van der Waals surface area contributed by atoms with Gasteiger partial charge in [-0.1, -0.05) is 53.7 Å². The Balaban J connectivity index is 1.35. The van der Waals surface area contributed by atoms with Gasteiger partial charge in [0.15, 0.2) is 11.0 Å². The van der Waals surface area contributed by atoms with Crippen LogP contribution < -0.4 is 10.1 Å². The van der Waals surface area contributed by atoms with Crippen molar-refractivity contribution in [2.75, 3.05) is 18.9 Å². The van der Waals surface area contributed by atoms with E-state index in [0.717, 1.165) is 17.0 Å². The zero-order valence-electron chi connectivity index (χ0n) is 17.7. The molecule has 7 nitrogen and oxygen atoms in total. The summed E-state index contributed by atoms with van der Waals surface area (Å²) in [4.78, 5) is 16.4. The van der Waals surface area contributed by atoms with Crippen LogP contribution in [0.5, 0.6) is 5.75 Å². The van der Waals surface area contributed by atoms with E-state index in [4.69, 9.17) is 16.3 Å². The van der Waals surface area contributed by atoms with Crippen LogP contribution in [0.2, 0.25) is 5.02 Å². The van der Waals surface area contributed by atoms with Gasteiger partial charge in [-0.25, -0.2) is 0 Å². The van der Waals surface area contributed by atoms with Gasteiger partial charge in [0.05, 0.1) is 18.8 Å². The van der Waals surface area contributed by atoms with Gasteiger partial charge in [0.25, 0.3) is 0 Å². The van der Waals surface area contributed by atoms with Gasteiger partial charge in [-0.2, -0.15) is 0 Å². The number of benzene rings is 2. The van der Waals surface area contributed by atoms with Crippen LogP contribution in [0.1, 0.15) is 5.56 Å². The number of halogens is 1. The van der Waals surface area contributed by atoms with Crippen molar-refractivity contribution in [2.45, 2.75) is 11.7 Å². The second-order valence-corrected chi connectivity index (χ2v) is 8.43. The van der Waals surface area contributed by atoms with Gasteiger partial charge >= 0.3 is 0 Å². The number of ether oxygens (including phenoxy) is 1. The molecule has 1 amide bonds. The molecule has 0 saturated carbocycles. The number of rotatable bonds is 10. The van der Waals surface area contributed by atoms with Gasteiger partial charge < -0.3 is 10.1 Å². The first-order valence-electron chi connectivity index (χ1n) is 10.3. The van der Waals surface area contributed by atoms with Crippen LogP contribution in [-0.2, 0) is 11.3 Å². The van der Waals surface area contributed by atoms with E-state index in [1.54, 1.807) is 36.7 Å². The summed E-state index contributed by atoms with van der Waals surface area (Å²) in [5.74, 6) is 1.57. The van der Waals surface area contributed by atoms with Gasteiger partial charge in [0.1, 0.15) is 12.4 Å². The van der Waals surface area contributed by atoms with Crippen molar-refractivity contribution >= 4 is 29.3 Å². The number of amides is 1. The molecule has 0 radical (unpaired) electrons. The van der Waals surface area contributed by atoms with Gasteiger partial charge in [0, 0.05) is 23.0 Å². The predicted octanol–water partition coefficient (Wildman–Crippen LogP) is 4.33. The monoisotopic (exact) mass is 479 g/mol. The molecule has 9 heteroatoms. The zero-order valence-corrected chi connectivity index (χ0v) is 19.3. The summed E-state index contributed by atoms with van der Waals surface area (Å²) in [6.07, 6.45) is 3.45. The molecule has 1 N–H and O–H groups in total. The highest BCUT2D eigenvalue weighted by Gasteiger charge is 2.16. The first kappa shape index (κ1) is 22.8. The lowest BCUT2D eigenvalue weighted by Crippen LogP contribution is -2.29. The average Bonchev–Trinajstić information content (AvgIpc) is 3.25. The molecule has 33 heavy (non-hydrogen) atoms. The van der Waals surface area contributed by atoms with E-state index >= 15 is 0 Å². The zero-order chi connectivity index (χ0) is 22.9. The Morgan fingerprint density at radius 2 is 1.76 bits per heavy atom. The van der Waals surface area contributed by atoms with Gasteiger partial charge in [-0.05, 0) is 42.0 Å². The van der Waals surface area contributed by atoms with Crippen molar-refractivity contribution in [1.82, 2.24) is 25.1 Å². The molecule has 2 heterocycles. The maximum absolute atomic E-state index is 12.3. The standard InChI is InChI=1S/C24H22ClN5O2S/c25-20-6-8-21(9-7-20)32-15-14-27-22(31)17-33-24-29-28-23(19-10-12-26-13-11-19)30(24)16-18-4-2-1-3-5-18/h1-13H,14-17H2,(H,27,31). The van der Waals surface area contributed by atoms with E-state index in [1.807, 2.05) is 34.9 Å². The second kappa shape index (κ2) is 11.5. The first-order valence-corrected chi connectivity index (χ1v) is 11.7. The normalized spacial score (nSPS) is 10.7. The Morgan fingerprint density at radius 1 is 1.00 bits per heavy atom. The predicted molar refractivity (Wildman–Crippen MR) is 129 cm³/mol. The summed E-state index contributed by atoms with van der Waals surface area (Å²) in [7, 11) is 0. The minimum Gasteiger partial charge on any atom is -0.492 e. The van der Waals surface area contributed by atoms with Crippen molar-refractivity contribution in [3.63, 3.8) is 0 Å². The molecule has 0 spiro atoms. The third-order valence-corrected chi connectivity index (χ3v) is 5.90. The number of carbonyl (C=O) groups excluding carboxylic acids is 1. The molecular weight excluding hydrogens is 458 g/mol. The van der Waals surface area contributed by atoms with Crippen molar-refractivity contribution < 1.29 is 9.53 Å². The van der Waals surface area contributed by atoms with Crippen LogP contribution in [0, 0.1) is 0 Å². The van der Waals surface area contributed by atoms with E-state index in [2.05, 4.69) is 32.6 Å². The molecule has 168 valence electrons. The maximum atomic E-state index is 12.3. The van der Waals surface area contributed by atoms with Crippen LogP contribution in [0.25, 0.3) is 11.4 Å². The van der Waals surface area contributed by atoms with Crippen LogP contribution in [0.4, 0.5) is 0 Å². The molecule has 4 rings (SSSR count). The van der Waals surface area contributed by atoms with Crippen molar-refractivity contribution in [3.8, 4) is 17.1 Å². The highest BCUT2D eigenvalue weighted by molar-refractivity contribution is 7.99. The van der Waals surface area contributed by atoms with Crippen molar-refractivity contribution in [3.05, 3.63) is 89.7 Å². The van der Waals surface area contributed by atoms with E-state index in [1.165, 1.54) is 11.8 Å². The highest BCUT2D eigenvalue weighted by Crippen LogP contribution is 2.24. The minimum absolute atomic E-state index is 0.0978. The van der Waals surface area contributed by atoms with E-state index < -0.39 is 0 Å². The molecule has 0 aliphatic rings. The lowest BCUT2D eigenvalue weighted by molar-refractivity contribution is -0.118. The summed E-state index contributed by atoms with van der Waals surface area (Å²) in [6, 6.07) is 21.0. The maximum Gasteiger partial charge on any atom is 0.230 e. The molecule has 4 aromatic rings. The van der Waals surface area contributed by atoms with Crippen molar-refractivity contribution in [2.24, 2.45) is 0 Å². The molecule has 0 bridgehead atoms. The molecule has 0 aliphatic carbocycles. The van der Waals surface area contributed by atoms with E-state index in [-0.39, 0.29) is 11.7 Å². The number of nitrogens with zero attached hydrogens (tertiary/aromatic N) is 4. The molecule has 0 saturated heterocycles. The minimum atomic E-state index is -0.0978. The largest absolute Gasteiger partial charge is 0.492 e. The Bertz CT molecular complexity index is 1170. The summed E-state index contributed by atoms with van der Waals surface area (Å²) in [6.45, 7) is 1.37. The van der Waals surface area contributed by atoms with Crippen LogP contribution in [-0.4, -0.2) is 44.6 Å². The second-order valence-electron chi connectivity index (χ2n) is 7.05. The molecule has 0 fully saturated rings. The lowest BCUT2D eigenvalue weighted by atomic mass is 10.2. The number of nitrogens with one attached hydrogen (secondary N) is 1. The fourth-order valence-electron chi connectivity index (χ4n) is 3.09.